The summed E-state index contributed by atoms with van der Waals surface area (Å²) in [6.45, 7) is 6.03. The van der Waals surface area contributed by atoms with Crippen LogP contribution in [0, 0.1) is 12.8 Å². The summed E-state index contributed by atoms with van der Waals surface area (Å²) in [5.41, 5.74) is 3.73. The Labute approximate surface area is 161 Å². The van der Waals surface area contributed by atoms with E-state index >= 15 is 0 Å². The lowest BCUT2D eigenvalue weighted by Gasteiger charge is -2.35. The summed E-state index contributed by atoms with van der Waals surface area (Å²) in [5, 5.41) is 9.33. The van der Waals surface area contributed by atoms with Crippen LogP contribution in [-0.2, 0) is 17.9 Å². The first-order valence-electron chi connectivity index (χ1n) is 9.70. The van der Waals surface area contributed by atoms with Gasteiger partial charge >= 0.3 is 0 Å². The average Bonchev–Trinajstić information content (AvgIpc) is 2.71. The van der Waals surface area contributed by atoms with E-state index in [1.807, 2.05) is 12.1 Å². The molecule has 3 rings (SSSR count). The second-order valence-electron chi connectivity index (χ2n) is 7.44. The molecular weight excluding hydrogens is 338 g/mol. The number of aliphatic hydroxyl groups is 1. The van der Waals surface area contributed by atoms with Crippen molar-refractivity contribution >= 4 is 5.91 Å². The normalized spacial score (nSPS) is 15.6. The maximum absolute atomic E-state index is 12.2. The molecular formula is C22H29N3O2. The number of aryl methyl sites for hydroxylation is 1. The van der Waals surface area contributed by atoms with E-state index in [0.29, 0.717) is 19.0 Å². The zero-order valence-corrected chi connectivity index (χ0v) is 16.1. The fourth-order valence-electron chi connectivity index (χ4n) is 3.73. The number of rotatable bonds is 7. The summed E-state index contributed by atoms with van der Waals surface area (Å²) in [6, 6.07) is 12.4. The van der Waals surface area contributed by atoms with Gasteiger partial charge in [-0.15, -0.1) is 0 Å². The van der Waals surface area contributed by atoms with Crippen LogP contribution in [0.4, 0.5) is 0 Å². The molecule has 0 radical (unpaired) electrons. The molecule has 27 heavy (non-hydrogen) atoms. The summed E-state index contributed by atoms with van der Waals surface area (Å²) >= 11 is 0. The number of amides is 1. The molecule has 1 amide bonds. The highest BCUT2D eigenvalue weighted by Gasteiger charge is 2.24. The van der Waals surface area contributed by atoms with Crippen LogP contribution in [0.3, 0.4) is 0 Å². The van der Waals surface area contributed by atoms with Gasteiger partial charge in [0.05, 0.1) is 0 Å². The SMILES string of the molecule is Cc1ccccc1CN1CCC(CN(Cc2cccnc2)C(=O)CO)CC1. The molecule has 5 nitrogen and oxygen atoms in total. The summed E-state index contributed by atoms with van der Waals surface area (Å²) in [7, 11) is 0. The number of piperidine rings is 1. The van der Waals surface area contributed by atoms with E-state index in [1.54, 1.807) is 17.3 Å². The number of benzene rings is 1. The molecule has 2 heterocycles. The monoisotopic (exact) mass is 367 g/mol. The van der Waals surface area contributed by atoms with Gasteiger partial charge in [-0.3, -0.25) is 14.7 Å². The highest BCUT2D eigenvalue weighted by Crippen LogP contribution is 2.22. The Morgan fingerprint density at radius 1 is 1.22 bits per heavy atom. The Hall–Kier alpha value is -2.24. The minimum absolute atomic E-state index is 0.207. The number of aliphatic hydroxyl groups excluding tert-OH is 1. The largest absolute Gasteiger partial charge is 0.387 e. The zero-order valence-electron chi connectivity index (χ0n) is 16.1. The lowest BCUT2D eigenvalue weighted by molar-refractivity contribution is -0.135. The number of aromatic nitrogens is 1. The molecule has 1 aliphatic rings. The van der Waals surface area contributed by atoms with Gasteiger partial charge < -0.3 is 10.0 Å². The topological polar surface area (TPSA) is 56.7 Å². The smallest absolute Gasteiger partial charge is 0.248 e. The van der Waals surface area contributed by atoms with Crippen molar-refractivity contribution in [1.29, 1.82) is 0 Å². The van der Waals surface area contributed by atoms with E-state index in [-0.39, 0.29) is 5.91 Å². The number of pyridine rings is 1. The van der Waals surface area contributed by atoms with Gasteiger partial charge in [-0.25, -0.2) is 0 Å². The fraction of sp³-hybridized carbons (Fsp3) is 0.455. The Bertz CT molecular complexity index is 727. The highest BCUT2D eigenvalue weighted by atomic mass is 16.3. The van der Waals surface area contributed by atoms with E-state index in [0.717, 1.165) is 38.0 Å². The summed E-state index contributed by atoms with van der Waals surface area (Å²) in [6.07, 6.45) is 5.66. The molecule has 1 aromatic carbocycles. The van der Waals surface area contributed by atoms with Crippen LogP contribution in [-0.4, -0.2) is 52.0 Å². The van der Waals surface area contributed by atoms with Gasteiger partial charge in [0.15, 0.2) is 0 Å². The van der Waals surface area contributed by atoms with Crippen molar-refractivity contribution in [2.75, 3.05) is 26.2 Å². The lowest BCUT2D eigenvalue weighted by atomic mass is 9.95. The number of hydrogen-bond donors (Lipinski definition) is 1. The number of nitrogens with zero attached hydrogens (tertiary/aromatic N) is 3. The maximum atomic E-state index is 12.2. The van der Waals surface area contributed by atoms with Gasteiger partial charge in [-0.05, 0) is 61.5 Å². The van der Waals surface area contributed by atoms with Crippen LogP contribution in [0.15, 0.2) is 48.8 Å². The lowest BCUT2D eigenvalue weighted by Crippen LogP contribution is -2.41. The third kappa shape index (κ3) is 5.62. The minimum Gasteiger partial charge on any atom is -0.387 e. The molecule has 1 aromatic heterocycles. The Balaban J connectivity index is 1.53. The second-order valence-corrected chi connectivity index (χ2v) is 7.44. The van der Waals surface area contributed by atoms with Gasteiger partial charge in [0, 0.05) is 32.0 Å². The molecule has 2 aromatic rings. The van der Waals surface area contributed by atoms with Crippen LogP contribution in [0.25, 0.3) is 0 Å². The summed E-state index contributed by atoms with van der Waals surface area (Å²) in [5.74, 6) is 0.270. The molecule has 5 heteroatoms. The summed E-state index contributed by atoms with van der Waals surface area (Å²) < 4.78 is 0. The van der Waals surface area contributed by atoms with E-state index < -0.39 is 6.61 Å². The van der Waals surface area contributed by atoms with Gasteiger partial charge in [0.2, 0.25) is 5.91 Å². The molecule has 1 aliphatic heterocycles. The van der Waals surface area contributed by atoms with Gasteiger partial charge in [-0.1, -0.05) is 30.3 Å². The first-order chi connectivity index (χ1) is 13.2. The molecule has 1 N–H and O–H groups in total. The Kier molecular flexibility index (Phi) is 6.96. The first kappa shape index (κ1) is 19.5. The third-order valence-corrected chi connectivity index (χ3v) is 5.43. The number of hydrogen-bond acceptors (Lipinski definition) is 4. The predicted octanol–water partition coefficient (Wildman–Crippen LogP) is 2.62. The van der Waals surface area contributed by atoms with E-state index in [9.17, 15) is 9.90 Å². The molecule has 144 valence electrons. The molecule has 1 saturated heterocycles. The standard InChI is InChI=1S/C22H29N3O2/c1-18-5-2-3-7-21(18)16-24-11-8-19(9-12-24)14-25(22(27)17-26)15-20-6-4-10-23-13-20/h2-7,10,13,19,26H,8-9,11-12,14-17H2,1H3. The second kappa shape index (κ2) is 9.62. The number of carbonyl (C=O) groups excluding carboxylic acids is 1. The zero-order chi connectivity index (χ0) is 19.1. The quantitative estimate of drug-likeness (QED) is 0.817. The average molecular weight is 367 g/mol. The van der Waals surface area contributed by atoms with E-state index in [4.69, 9.17) is 0 Å². The van der Waals surface area contributed by atoms with Gasteiger partial charge in [0.25, 0.3) is 0 Å². The number of likely N-dealkylation sites (tertiary alicyclic amines) is 1. The minimum atomic E-state index is -0.438. The first-order valence-corrected chi connectivity index (χ1v) is 9.70. The molecule has 1 fully saturated rings. The van der Waals surface area contributed by atoms with Crippen LogP contribution in [0.1, 0.15) is 29.5 Å². The van der Waals surface area contributed by atoms with Crippen molar-refractivity contribution in [1.82, 2.24) is 14.8 Å². The third-order valence-electron chi connectivity index (χ3n) is 5.43. The van der Waals surface area contributed by atoms with E-state index in [1.165, 1.54) is 11.1 Å². The molecule has 0 spiro atoms. The Morgan fingerprint density at radius 2 is 2.00 bits per heavy atom. The molecule has 0 saturated carbocycles. The highest BCUT2D eigenvalue weighted by molar-refractivity contribution is 5.77. The van der Waals surface area contributed by atoms with Crippen LogP contribution < -0.4 is 0 Å². The molecule has 0 unspecified atom stereocenters. The van der Waals surface area contributed by atoms with Crippen molar-refractivity contribution in [2.45, 2.75) is 32.9 Å². The van der Waals surface area contributed by atoms with Gasteiger partial charge in [-0.2, -0.15) is 0 Å². The van der Waals surface area contributed by atoms with Gasteiger partial charge in [0.1, 0.15) is 6.61 Å². The number of carbonyl (C=O) groups is 1. The molecule has 0 atom stereocenters. The maximum Gasteiger partial charge on any atom is 0.248 e. The van der Waals surface area contributed by atoms with Crippen molar-refractivity contribution in [3.8, 4) is 0 Å². The van der Waals surface area contributed by atoms with Crippen molar-refractivity contribution < 1.29 is 9.90 Å². The van der Waals surface area contributed by atoms with Crippen LogP contribution in [0.5, 0.6) is 0 Å². The molecule has 0 bridgehead atoms. The van der Waals surface area contributed by atoms with Crippen molar-refractivity contribution in [3.63, 3.8) is 0 Å². The van der Waals surface area contributed by atoms with E-state index in [2.05, 4.69) is 41.1 Å². The predicted molar refractivity (Wildman–Crippen MR) is 106 cm³/mol. The Morgan fingerprint density at radius 3 is 2.67 bits per heavy atom. The molecule has 0 aliphatic carbocycles. The fourth-order valence-corrected chi connectivity index (χ4v) is 3.73. The van der Waals surface area contributed by atoms with Crippen molar-refractivity contribution in [2.24, 2.45) is 5.92 Å². The van der Waals surface area contributed by atoms with Crippen LogP contribution >= 0.6 is 0 Å². The van der Waals surface area contributed by atoms with Crippen LogP contribution in [0.2, 0.25) is 0 Å². The van der Waals surface area contributed by atoms with Crippen molar-refractivity contribution in [3.05, 3.63) is 65.5 Å². The summed E-state index contributed by atoms with van der Waals surface area (Å²) in [4.78, 5) is 20.6.